The van der Waals surface area contributed by atoms with Crippen molar-refractivity contribution in [3.8, 4) is 67.8 Å². The van der Waals surface area contributed by atoms with Crippen molar-refractivity contribution in [1.82, 2.24) is 24.1 Å². The summed E-state index contributed by atoms with van der Waals surface area (Å²) in [5.74, 6) is 1.74. The fourth-order valence-corrected chi connectivity index (χ4v) is 9.03. The van der Waals surface area contributed by atoms with Crippen molar-refractivity contribution < 1.29 is 0 Å². The van der Waals surface area contributed by atoms with Crippen LogP contribution in [-0.2, 0) is 0 Å². The highest BCUT2D eigenvalue weighted by Crippen LogP contribution is 2.51. The van der Waals surface area contributed by atoms with E-state index in [0.29, 0.717) is 17.7 Å². The number of fused-ring (bicyclic) bond motifs is 15. The standard InChI is InChI=1S/C51H31N5/c1-2-16-32(17-3-1)49-52-50(55-43-27-13-10-23-38(43)39-24-11-14-28-44(39)55)54-51(53-49)56-45-29-15-12-26-42(45)48-46(56)31-30-41-37-22-7-6-20-35(37)33-18-4-5-19-34(33)36-21-8-9-25-40(36)47(41)48/h1-31H. The molecule has 0 atom stereocenters. The lowest BCUT2D eigenvalue weighted by Crippen LogP contribution is -2.10. The van der Waals surface area contributed by atoms with Crippen LogP contribution >= 0.6 is 0 Å². The number of hydrogen-bond acceptors (Lipinski definition) is 3. The van der Waals surface area contributed by atoms with Crippen LogP contribution in [-0.4, -0.2) is 24.1 Å². The van der Waals surface area contributed by atoms with Gasteiger partial charge in [-0.15, -0.1) is 0 Å². The molecule has 3 heterocycles. The van der Waals surface area contributed by atoms with Crippen molar-refractivity contribution in [3.05, 3.63) is 188 Å². The summed E-state index contributed by atoms with van der Waals surface area (Å²) < 4.78 is 4.41. The predicted molar refractivity (Wildman–Crippen MR) is 229 cm³/mol. The fraction of sp³-hybridized carbons (Fsp3) is 0. The Morgan fingerprint density at radius 1 is 0.286 bits per heavy atom. The molecule has 8 aromatic carbocycles. The predicted octanol–water partition coefficient (Wildman–Crippen LogP) is 12.7. The SMILES string of the molecule is c1ccc(-c2nc(-n3c4ccccc4c4ccccc43)nc(-n3c4ccccc4c4c5c(ccc43)-c3ccccc3-c3ccccc3-c3ccccc3-5)n2)cc1. The molecular weight excluding hydrogens is 683 g/mol. The van der Waals surface area contributed by atoms with Gasteiger partial charge in [0.15, 0.2) is 5.82 Å². The van der Waals surface area contributed by atoms with Crippen molar-refractivity contribution in [3.63, 3.8) is 0 Å². The van der Waals surface area contributed by atoms with E-state index < -0.39 is 0 Å². The van der Waals surface area contributed by atoms with Gasteiger partial charge in [0.2, 0.25) is 11.9 Å². The summed E-state index contributed by atoms with van der Waals surface area (Å²) in [6, 6.07) is 66.9. The maximum Gasteiger partial charge on any atom is 0.240 e. The molecule has 0 N–H and O–H groups in total. The quantitative estimate of drug-likeness (QED) is 0.183. The molecule has 1 aliphatic rings. The first-order valence-corrected chi connectivity index (χ1v) is 19.0. The lowest BCUT2D eigenvalue weighted by atomic mass is 9.79. The van der Waals surface area contributed by atoms with Crippen molar-refractivity contribution in [2.24, 2.45) is 0 Å². The van der Waals surface area contributed by atoms with Gasteiger partial charge in [0, 0.05) is 32.7 Å². The topological polar surface area (TPSA) is 48.5 Å². The molecule has 0 spiro atoms. The number of para-hydroxylation sites is 3. The first kappa shape index (κ1) is 30.8. The van der Waals surface area contributed by atoms with Crippen molar-refractivity contribution >= 4 is 43.6 Å². The van der Waals surface area contributed by atoms with Gasteiger partial charge in [-0.1, -0.05) is 164 Å². The summed E-state index contributed by atoms with van der Waals surface area (Å²) in [5.41, 5.74) is 14.8. The minimum absolute atomic E-state index is 0.562. The smallest absolute Gasteiger partial charge is 0.240 e. The van der Waals surface area contributed by atoms with E-state index in [1.54, 1.807) is 0 Å². The largest absolute Gasteiger partial charge is 0.278 e. The minimum Gasteiger partial charge on any atom is -0.278 e. The summed E-state index contributed by atoms with van der Waals surface area (Å²) in [5, 5.41) is 4.62. The Balaban J connectivity index is 1.22. The molecule has 0 saturated carbocycles. The third-order valence-electron chi connectivity index (χ3n) is 11.4. The summed E-state index contributed by atoms with van der Waals surface area (Å²) in [4.78, 5) is 15.9. The maximum atomic E-state index is 5.40. The molecule has 3 aromatic heterocycles. The second kappa shape index (κ2) is 11.9. The van der Waals surface area contributed by atoms with Crippen molar-refractivity contribution in [2.75, 3.05) is 0 Å². The summed E-state index contributed by atoms with van der Waals surface area (Å²) in [6.45, 7) is 0. The number of benzene rings is 8. The molecule has 260 valence electrons. The summed E-state index contributed by atoms with van der Waals surface area (Å²) in [6.07, 6.45) is 0. The third kappa shape index (κ3) is 4.39. The van der Waals surface area contributed by atoms with Gasteiger partial charge in [0.1, 0.15) is 0 Å². The molecule has 0 fully saturated rings. The van der Waals surface area contributed by atoms with E-state index in [2.05, 4.69) is 179 Å². The van der Waals surface area contributed by atoms with Gasteiger partial charge >= 0.3 is 0 Å². The molecule has 0 saturated heterocycles. The first-order chi connectivity index (χ1) is 27.8. The van der Waals surface area contributed by atoms with Gasteiger partial charge in [0.05, 0.1) is 22.1 Å². The lowest BCUT2D eigenvalue weighted by Gasteiger charge is -2.24. The van der Waals surface area contributed by atoms with E-state index in [4.69, 9.17) is 15.0 Å². The van der Waals surface area contributed by atoms with E-state index in [1.165, 1.54) is 49.9 Å². The van der Waals surface area contributed by atoms with Gasteiger partial charge in [-0.3, -0.25) is 9.13 Å². The Bertz CT molecular complexity index is 3310. The molecule has 0 radical (unpaired) electrons. The van der Waals surface area contributed by atoms with Crippen LogP contribution in [0.25, 0.3) is 111 Å². The number of rotatable bonds is 3. The molecule has 1 aliphatic carbocycles. The Morgan fingerprint density at radius 2 is 0.696 bits per heavy atom. The molecule has 12 rings (SSSR count). The highest BCUT2D eigenvalue weighted by Gasteiger charge is 2.27. The fourth-order valence-electron chi connectivity index (χ4n) is 9.03. The van der Waals surface area contributed by atoms with Crippen LogP contribution in [0.4, 0.5) is 0 Å². The van der Waals surface area contributed by atoms with Gasteiger partial charge in [-0.05, 0) is 63.2 Å². The van der Waals surface area contributed by atoms with E-state index in [1.807, 2.05) is 18.2 Å². The zero-order valence-electron chi connectivity index (χ0n) is 30.1. The van der Waals surface area contributed by atoms with Gasteiger partial charge in [-0.25, -0.2) is 0 Å². The van der Waals surface area contributed by atoms with Crippen LogP contribution in [0.3, 0.4) is 0 Å². The highest BCUT2D eigenvalue weighted by atomic mass is 15.3. The first-order valence-electron chi connectivity index (χ1n) is 19.0. The Labute approximate surface area is 322 Å². The Kier molecular flexibility index (Phi) is 6.56. The lowest BCUT2D eigenvalue weighted by molar-refractivity contribution is 0.893. The molecule has 0 aliphatic heterocycles. The van der Waals surface area contributed by atoms with Crippen LogP contribution in [0.1, 0.15) is 0 Å². The zero-order valence-corrected chi connectivity index (χ0v) is 30.1. The number of hydrogen-bond donors (Lipinski definition) is 0. The zero-order chi connectivity index (χ0) is 36.7. The van der Waals surface area contributed by atoms with Crippen LogP contribution < -0.4 is 0 Å². The molecule has 0 bridgehead atoms. The molecule has 0 amide bonds. The summed E-state index contributed by atoms with van der Waals surface area (Å²) in [7, 11) is 0. The van der Waals surface area contributed by atoms with E-state index in [-0.39, 0.29) is 0 Å². The van der Waals surface area contributed by atoms with Crippen molar-refractivity contribution in [1.29, 1.82) is 0 Å². The number of nitrogens with zero attached hydrogens (tertiary/aromatic N) is 5. The normalized spacial score (nSPS) is 11.9. The second-order valence-corrected chi connectivity index (χ2v) is 14.4. The van der Waals surface area contributed by atoms with Gasteiger partial charge in [-0.2, -0.15) is 15.0 Å². The van der Waals surface area contributed by atoms with E-state index >= 15 is 0 Å². The second-order valence-electron chi connectivity index (χ2n) is 14.4. The molecule has 5 heteroatoms. The maximum absolute atomic E-state index is 5.40. The minimum atomic E-state index is 0.562. The average molecular weight is 714 g/mol. The molecule has 11 aromatic rings. The number of aromatic nitrogens is 5. The molecule has 0 unspecified atom stereocenters. The van der Waals surface area contributed by atoms with E-state index in [0.717, 1.165) is 43.8 Å². The molecule has 56 heavy (non-hydrogen) atoms. The Hall–Kier alpha value is -7.63. The van der Waals surface area contributed by atoms with Gasteiger partial charge in [0.25, 0.3) is 0 Å². The highest BCUT2D eigenvalue weighted by molar-refractivity contribution is 6.21. The van der Waals surface area contributed by atoms with Crippen LogP contribution in [0.2, 0.25) is 0 Å². The Morgan fingerprint density at radius 3 is 1.27 bits per heavy atom. The van der Waals surface area contributed by atoms with Crippen LogP contribution in [0.5, 0.6) is 0 Å². The third-order valence-corrected chi connectivity index (χ3v) is 11.4. The van der Waals surface area contributed by atoms with E-state index in [9.17, 15) is 0 Å². The monoisotopic (exact) mass is 713 g/mol. The van der Waals surface area contributed by atoms with Crippen LogP contribution in [0, 0.1) is 0 Å². The average Bonchev–Trinajstić information content (AvgIpc) is 3.79. The van der Waals surface area contributed by atoms with Crippen molar-refractivity contribution in [2.45, 2.75) is 0 Å². The van der Waals surface area contributed by atoms with Gasteiger partial charge < -0.3 is 0 Å². The van der Waals surface area contributed by atoms with Crippen LogP contribution in [0.15, 0.2) is 188 Å². The molecular formula is C51H31N5. The summed E-state index contributed by atoms with van der Waals surface area (Å²) >= 11 is 0. The molecule has 5 nitrogen and oxygen atoms in total.